The zero-order valence-corrected chi connectivity index (χ0v) is 29.1. The number of aromatic carboxylic acids is 1. The number of aliphatic hydroxyl groups is 3. The molecule has 0 bridgehead atoms. The number of carboxylic acids is 1. The van der Waals surface area contributed by atoms with Crippen LogP contribution in [0.25, 0.3) is 0 Å². The highest BCUT2D eigenvalue weighted by Gasteiger charge is 2.48. The lowest BCUT2D eigenvalue weighted by molar-refractivity contribution is -0.272. The number of rotatable bonds is 20. The van der Waals surface area contributed by atoms with Crippen molar-refractivity contribution in [2.75, 3.05) is 7.11 Å². The van der Waals surface area contributed by atoms with Gasteiger partial charge in [0.05, 0.1) is 7.11 Å². The topological polar surface area (TPSA) is 210 Å². The highest BCUT2D eigenvalue weighted by molar-refractivity contribution is 5.97. The second-order valence-electron chi connectivity index (χ2n) is 12.8. The number of aromatic hydroxyl groups is 2. The first kappa shape index (κ1) is 40.5. The van der Waals surface area contributed by atoms with Crippen molar-refractivity contribution in [3.8, 4) is 23.0 Å². The average Bonchev–Trinajstić information content (AvgIpc) is 3.07. The lowest BCUT2D eigenvalue weighted by Gasteiger charge is -2.39. The van der Waals surface area contributed by atoms with Crippen LogP contribution in [0.1, 0.15) is 122 Å². The number of phenols is 2. The molecule has 0 radical (unpaired) electrons. The fourth-order valence-electron chi connectivity index (χ4n) is 6.14. The van der Waals surface area contributed by atoms with Crippen molar-refractivity contribution in [2.45, 2.75) is 134 Å². The highest BCUT2D eigenvalue weighted by atomic mass is 16.7. The van der Waals surface area contributed by atoms with Gasteiger partial charge in [-0.2, -0.15) is 0 Å². The number of benzene rings is 2. The summed E-state index contributed by atoms with van der Waals surface area (Å²) < 4.78 is 21.5. The van der Waals surface area contributed by atoms with E-state index in [1.807, 2.05) is 0 Å². The Hall–Kier alpha value is -3.91. The number of methoxy groups -OCH3 is 1. The van der Waals surface area contributed by atoms with E-state index in [9.17, 15) is 45.0 Å². The summed E-state index contributed by atoms with van der Waals surface area (Å²) in [7, 11) is 1.06. The van der Waals surface area contributed by atoms with Gasteiger partial charge < -0.3 is 49.6 Å². The number of aryl methyl sites for hydroxylation is 1. The van der Waals surface area contributed by atoms with Gasteiger partial charge in [0.25, 0.3) is 0 Å². The zero-order chi connectivity index (χ0) is 36.8. The van der Waals surface area contributed by atoms with E-state index in [-0.39, 0.29) is 40.2 Å². The zero-order valence-electron chi connectivity index (χ0n) is 29.1. The molecule has 1 aliphatic rings. The molecule has 6 N–H and O–H groups in total. The van der Waals surface area contributed by atoms with E-state index < -0.39 is 60.1 Å². The number of carbonyl (C=O) groups is 3. The fourth-order valence-corrected chi connectivity index (χ4v) is 6.14. The maximum Gasteiger partial charge on any atom is 0.347 e. The lowest BCUT2D eigenvalue weighted by Crippen LogP contribution is -2.61. The number of carbonyl (C=O) groups excluding carboxylic acids is 2. The van der Waals surface area contributed by atoms with E-state index in [1.54, 1.807) is 0 Å². The molecule has 0 unspecified atom stereocenters. The molecule has 1 aliphatic heterocycles. The van der Waals surface area contributed by atoms with Crippen LogP contribution < -0.4 is 9.47 Å². The Balaban J connectivity index is 1.77. The molecule has 5 atom stereocenters. The first-order valence-electron chi connectivity index (χ1n) is 17.5. The molecule has 50 heavy (non-hydrogen) atoms. The van der Waals surface area contributed by atoms with Crippen LogP contribution in [0.2, 0.25) is 0 Å². The van der Waals surface area contributed by atoms with Gasteiger partial charge in [-0.1, -0.05) is 84.0 Å². The molecule has 2 aromatic carbocycles. The van der Waals surface area contributed by atoms with Crippen LogP contribution in [0.3, 0.4) is 0 Å². The quantitative estimate of drug-likeness (QED) is 0.0587. The Labute approximate surface area is 292 Å². The Kier molecular flexibility index (Phi) is 16.3. The number of phenolic OH excluding ortho intramolecular Hbond substituents is 1. The summed E-state index contributed by atoms with van der Waals surface area (Å²) in [5, 5.41) is 61.8. The summed E-state index contributed by atoms with van der Waals surface area (Å²) >= 11 is 0. The van der Waals surface area contributed by atoms with E-state index >= 15 is 0 Å². The summed E-state index contributed by atoms with van der Waals surface area (Å²) in [6.07, 6.45) is 5.92. The van der Waals surface area contributed by atoms with E-state index in [2.05, 4.69) is 11.7 Å². The molecule has 1 fully saturated rings. The van der Waals surface area contributed by atoms with E-state index in [4.69, 9.17) is 14.2 Å². The summed E-state index contributed by atoms with van der Waals surface area (Å²) in [6, 6.07) is 4.73. The molecule has 1 saturated heterocycles. The van der Waals surface area contributed by atoms with Crippen molar-refractivity contribution in [3.63, 3.8) is 0 Å². The second kappa shape index (κ2) is 20.1. The maximum absolute atomic E-state index is 13.6. The molecule has 3 rings (SSSR count). The highest BCUT2D eigenvalue weighted by Crippen LogP contribution is 2.36. The number of ether oxygens (including phenoxy) is 4. The largest absolute Gasteiger partial charge is 0.507 e. The van der Waals surface area contributed by atoms with Crippen LogP contribution in [-0.2, 0) is 20.7 Å². The standard InChI is InChI=1S/C37H52O13/c1-4-5-6-7-8-9-10-11-12-13-14-15-16-17-24-27(49-37-32(42)30(40)31(41)33(50-37)36(46)47-3)19-18-25(38)29(24)35(45)48-23-20-22(2)28(34(43)44)26(39)21-23/h18-21,30-33,37-42H,4-17H2,1-3H3,(H,43,44)/t30-,31-,32+,33-,37-/m0/s1. The second-order valence-corrected chi connectivity index (χ2v) is 12.8. The molecule has 13 heteroatoms. The molecule has 1 heterocycles. The van der Waals surface area contributed by atoms with Crippen LogP contribution >= 0.6 is 0 Å². The molecular weight excluding hydrogens is 652 g/mol. The third-order valence-corrected chi connectivity index (χ3v) is 8.94. The van der Waals surface area contributed by atoms with Gasteiger partial charge in [0.2, 0.25) is 6.29 Å². The minimum absolute atomic E-state index is 0.0230. The number of esters is 2. The van der Waals surface area contributed by atoms with Crippen molar-refractivity contribution in [3.05, 3.63) is 46.5 Å². The van der Waals surface area contributed by atoms with E-state index in [1.165, 1.54) is 70.4 Å². The van der Waals surface area contributed by atoms with Crippen molar-refractivity contribution in [1.29, 1.82) is 0 Å². The first-order valence-corrected chi connectivity index (χ1v) is 17.5. The average molecular weight is 705 g/mol. The Morgan fingerprint density at radius 3 is 1.88 bits per heavy atom. The Morgan fingerprint density at radius 1 is 0.760 bits per heavy atom. The van der Waals surface area contributed by atoms with Crippen LogP contribution in [0, 0.1) is 6.92 Å². The first-order chi connectivity index (χ1) is 23.9. The minimum Gasteiger partial charge on any atom is -0.507 e. The smallest absolute Gasteiger partial charge is 0.347 e. The van der Waals surface area contributed by atoms with Crippen LogP contribution in [-0.4, -0.2) is 86.4 Å². The minimum atomic E-state index is -1.84. The van der Waals surface area contributed by atoms with Crippen molar-refractivity contribution >= 4 is 17.9 Å². The molecular formula is C37H52O13. The number of unbranched alkanes of at least 4 members (excludes halogenated alkanes) is 12. The molecule has 278 valence electrons. The van der Waals surface area contributed by atoms with Gasteiger partial charge in [-0.05, 0) is 43.5 Å². The Bertz CT molecular complexity index is 1400. The molecule has 0 aliphatic carbocycles. The number of carboxylic acid groups (broad SMARTS) is 1. The van der Waals surface area contributed by atoms with Crippen LogP contribution in [0.4, 0.5) is 0 Å². The lowest BCUT2D eigenvalue weighted by atomic mass is 9.97. The van der Waals surface area contributed by atoms with Gasteiger partial charge in [0, 0.05) is 11.6 Å². The summed E-state index contributed by atoms with van der Waals surface area (Å²) in [5.41, 5.74) is -0.309. The number of aliphatic hydroxyl groups excluding tert-OH is 3. The van der Waals surface area contributed by atoms with Gasteiger partial charge in [0.1, 0.15) is 52.4 Å². The van der Waals surface area contributed by atoms with Crippen LogP contribution in [0.5, 0.6) is 23.0 Å². The molecule has 13 nitrogen and oxygen atoms in total. The predicted octanol–water partition coefficient (Wildman–Crippen LogP) is 5.32. The molecule has 2 aromatic rings. The Morgan fingerprint density at radius 2 is 1.34 bits per heavy atom. The summed E-state index contributed by atoms with van der Waals surface area (Å²) in [6.45, 7) is 3.64. The van der Waals surface area contributed by atoms with Crippen molar-refractivity contribution in [1.82, 2.24) is 0 Å². The fraction of sp³-hybridized carbons (Fsp3) is 0.595. The SMILES string of the molecule is CCCCCCCCCCCCCCCc1c(O[C@H]2O[C@H](C(=O)OC)[C@@H](O)[C@H](O)[C@H]2O)ccc(O)c1C(=O)Oc1cc(C)c(C(=O)O)c(O)c1. The number of hydrogen-bond donors (Lipinski definition) is 6. The molecule has 0 saturated carbocycles. The van der Waals surface area contributed by atoms with Crippen LogP contribution in [0.15, 0.2) is 24.3 Å². The maximum atomic E-state index is 13.6. The summed E-state index contributed by atoms with van der Waals surface area (Å²) in [4.78, 5) is 37.3. The third kappa shape index (κ3) is 11.0. The normalized spacial score (nSPS) is 20.3. The van der Waals surface area contributed by atoms with E-state index in [0.717, 1.165) is 44.9 Å². The van der Waals surface area contributed by atoms with Gasteiger partial charge in [-0.25, -0.2) is 14.4 Å². The summed E-state index contributed by atoms with van der Waals surface area (Å²) in [5.74, 6) is -4.66. The molecule has 0 amide bonds. The predicted molar refractivity (Wildman–Crippen MR) is 182 cm³/mol. The van der Waals surface area contributed by atoms with Crippen molar-refractivity contribution in [2.24, 2.45) is 0 Å². The van der Waals surface area contributed by atoms with Gasteiger partial charge in [0.15, 0.2) is 6.10 Å². The molecule has 0 spiro atoms. The van der Waals surface area contributed by atoms with Crippen molar-refractivity contribution < 1.29 is 64.0 Å². The van der Waals surface area contributed by atoms with Gasteiger partial charge >= 0.3 is 17.9 Å². The van der Waals surface area contributed by atoms with E-state index in [0.29, 0.717) is 6.42 Å². The van der Waals surface area contributed by atoms with Gasteiger partial charge in [-0.3, -0.25) is 0 Å². The number of hydrogen-bond acceptors (Lipinski definition) is 12. The third-order valence-electron chi connectivity index (χ3n) is 8.94. The van der Waals surface area contributed by atoms with Gasteiger partial charge in [-0.15, -0.1) is 0 Å². The monoisotopic (exact) mass is 704 g/mol. The molecule has 0 aromatic heterocycles.